The van der Waals surface area contributed by atoms with Gasteiger partial charge in [-0.25, -0.2) is 0 Å². The van der Waals surface area contributed by atoms with E-state index < -0.39 is 35.6 Å². The van der Waals surface area contributed by atoms with Crippen molar-refractivity contribution in [2.75, 3.05) is 26.3 Å². The lowest BCUT2D eigenvalue weighted by molar-refractivity contribution is -0.153. The molecule has 0 aromatic rings. The highest BCUT2D eigenvalue weighted by Gasteiger charge is 2.71. The van der Waals surface area contributed by atoms with Gasteiger partial charge in [0.05, 0.1) is 12.0 Å². The molecule has 4 heterocycles. The second-order valence-corrected chi connectivity index (χ2v) is 10.3. The van der Waals surface area contributed by atoms with Crippen LogP contribution < -0.4 is 0 Å². The summed E-state index contributed by atoms with van der Waals surface area (Å²) in [7, 11) is 0. The fourth-order valence-electron chi connectivity index (χ4n) is 6.69. The molecule has 5 atom stereocenters. The van der Waals surface area contributed by atoms with Gasteiger partial charge in [-0.15, -0.1) is 0 Å². The third-order valence-electron chi connectivity index (χ3n) is 8.27. The highest BCUT2D eigenvalue weighted by molar-refractivity contribution is 5.99. The molecule has 1 saturated carbocycles. The molecular formula is C26H36N2O6. The van der Waals surface area contributed by atoms with Gasteiger partial charge in [-0.3, -0.25) is 14.4 Å². The largest absolute Gasteiger partial charge is 0.461 e. The Bertz CT molecular complexity index is 865. The Balaban J connectivity index is 1.48. The minimum atomic E-state index is -1.15. The Hall–Kier alpha value is -2.19. The zero-order valence-electron chi connectivity index (χ0n) is 19.8. The van der Waals surface area contributed by atoms with E-state index in [-0.39, 0.29) is 31.1 Å². The number of amides is 2. The van der Waals surface area contributed by atoms with Gasteiger partial charge in [0.15, 0.2) is 0 Å². The third-order valence-corrected chi connectivity index (χ3v) is 8.27. The van der Waals surface area contributed by atoms with Crippen LogP contribution in [0.25, 0.3) is 0 Å². The fraction of sp³-hybridized carbons (Fsp3) is 0.731. The summed E-state index contributed by atoms with van der Waals surface area (Å²) >= 11 is 0. The van der Waals surface area contributed by atoms with Gasteiger partial charge in [0, 0.05) is 25.7 Å². The molecule has 0 aromatic heterocycles. The van der Waals surface area contributed by atoms with Gasteiger partial charge in [-0.05, 0) is 31.8 Å². The maximum absolute atomic E-state index is 14.2. The van der Waals surface area contributed by atoms with E-state index in [1.807, 2.05) is 23.1 Å². The van der Waals surface area contributed by atoms with Crippen molar-refractivity contribution in [3.05, 3.63) is 24.3 Å². The van der Waals surface area contributed by atoms with Crippen molar-refractivity contribution in [2.45, 2.75) is 81.6 Å². The molecule has 3 fully saturated rings. The first-order valence-electron chi connectivity index (χ1n) is 13.0. The first kappa shape index (κ1) is 23.5. The third kappa shape index (κ3) is 3.88. The molecule has 5 aliphatic rings. The van der Waals surface area contributed by atoms with Crippen molar-refractivity contribution in [3.63, 3.8) is 0 Å². The molecule has 1 spiro atoms. The number of hydrogen-bond donors (Lipinski definition) is 1. The molecule has 0 radical (unpaired) electrons. The van der Waals surface area contributed by atoms with Crippen molar-refractivity contribution in [2.24, 2.45) is 11.8 Å². The maximum atomic E-state index is 14.2. The molecule has 34 heavy (non-hydrogen) atoms. The van der Waals surface area contributed by atoms with Crippen molar-refractivity contribution in [1.82, 2.24) is 9.80 Å². The molecule has 2 saturated heterocycles. The number of rotatable bonds is 7. The molecule has 8 heteroatoms. The van der Waals surface area contributed by atoms with Crippen LogP contribution in [-0.2, 0) is 23.9 Å². The molecule has 2 amide bonds. The molecule has 4 aliphatic heterocycles. The highest BCUT2D eigenvalue weighted by Crippen LogP contribution is 2.53. The molecule has 186 valence electrons. The molecule has 1 unspecified atom stereocenters. The van der Waals surface area contributed by atoms with Crippen LogP contribution in [-0.4, -0.2) is 82.8 Å². The Labute approximate surface area is 200 Å². The summed E-state index contributed by atoms with van der Waals surface area (Å²) < 4.78 is 11.9. The number of ether oxygens (including phenoxy) is 2. The average Bonchev–Trinajstić information content (AvgIpc) is 3.13. The number of fused-ring (bicyclic) bond motifs is 2. The molecule has 1 aliphatic carbocycles. The van der Waals surface area contributed by atoms with Crippen molar-refractivity contribution in [1.29, 1.82) is 0 Å². The van der Waals surface area contributed by atoms with Crippen molar-refractivity contribution in [3.8, 4) is 0 Å². The van der Waals surface area contributed by atoms with Crippen LogP contribution in [0.4, 0.5) is 0 Å². The summed E-state index contributed by atoms with van der Waals surface area (Å²) in [6.45, 7) is 1.27. The van der Waals surface area contributed by atoms with E-state index in [0.29, 0.717) is 13.1 Å². The normalized spacial score (nSPS) is 35.6. The second-order valence-electron chi connectivity index (χ2n) is 10.3. The minimum absolute atomic E-state index is 0.0584. The van der Waals surface area contributed by atoms with E-state index in [0.717, 1.165) is 51.4 Å². The number of hydrogen-bond acceptors (Lipinski definition) is 6. The lowest BCUT2D eigenvalue weighted by atomic mass is 9.78. The molecular weight excluding hydrogens is 436 g/mol. The van der Waals surface area contributed by atoms with Gasteiger partial charge in [0.2, 0.25) is 11.8 Å². The maximum Gasteiger partial charge on any atom is 0.313 e. The Morgan fingerprint density at radius 3 is 2.59 bits per heavy atom. The number of likely N-dealkylation sites (tertiary alicyclic amines) is 1. The summed E-state index contributed by atoms with van der Waals surface area (Å²) in [5.41, 5.74) is -1.15. The van der Waals surface area contributed by atoms with Gasteiger partial charge >= 0.3 is 5.97 Å². The molecule has 1 N–H and O–H groups in total. The number of aliphatic hydroxyl groups excluding tert-OH is 1. The van der Waals surface area contributed by atoms with Crippen LogP contribution in [0.2, 0.25) is 0 Å². The Morgan fingerprint density at radius 1 is 1.00 bits per heavy atom. The van der Waals surface area contributed by atoms with E-state index in [1.54, 1.807) is 11.0 Å². The first-order chi connectivity index (χ1) is 16.6. The van der Waals surface area contributed by atoms with Crippen LogP contribution in [0.15, 0.2) is 24.3 Å². The summed E-state index contributed by atoms with van der Waals surface area (Å²) in [6.07, 6.45) is 15.5. The Morgan fingerprint density at radius 2 is 1.79 bits per heavy atom. The average molecular weight is 473 g/mol. The number of cyclic esters (lactones) is 1. The quantitative estimate of drug-likeness (QED) is 0.346. The van der Waals surface area contributed by atoms with Gasteiger partial charge in [0.1, 0.15) is 24.2 Å². The number of nitrogens with zero attached hydrogens (tertiary/aromatic N) is 2. The SMILES string of the molecule is O=C1OCC=C[C@H]2O[C@]34C=CCN(C5CCCCC5)C(=O)C3N(CCCCCCO)C(=O)[C@@H]4[C@@H]12. The smallest absolute Gasteiger partial charge is 0.313 e. The standard InChI is InChI=1S/C26H36N2O6/c29-16-7-2-1-6-14-28-22-24(31)27(18-10-4-3-5-11-18)15-9-13-26(22)21(23(28)30)20-19(34-26)12-8-17-33-25(20)32/h8-9,12-13,18-22,29H,1-7,10-11,14-17H2/t19-,20+,21+,22?,26+/m1/s1. The van der Waals surface area contributed by atoms with E-state index >= 15 is 0 Å². The number of aliphatic hydroxyl groups is 1. The summed E-state index contributed by atoms with van der Waals surface area (Å²) in [4.78, 5) is 44.6. The predicted octanol–water partition coefficient (Wildman–Crippen LogP) is 1.96. The molecule has 8 nitrogen and oxygen atoms in total. The van der Waals surface area contributed by atoms with Crippen LogP contribution in [0.1, 0.15) is 57.8 Å². The van der Waals surface area contributed by atoms with Crippen LogP contribution in [0, 0.1) is 11.8 Å². The number of carbonyl (C=O) groups excluding carboxylic acids is 3. The van der Waals surface area contributed by atoms with Gasteiger partial charge in [0.25, 0.3) is 0 Å². The van der Waals surface area contributed by atoms with Gasteiger partial charge in [-0.1, -0.05) is 50.3 Å². The summed E-state index contributed by atoms with van der Waals surface area (Å²) in [5.74, 6) is -2.18. The van der Waals surface area contributed by atoms with Gasteiger partial charge < -0.3 is 24.4 Å². The number of carbonyl (C=O) groups is 3. The number of unbranched alkanes of at least 4 members (excludes halogenated alkanes) is 3. The lowest BCUT2D eigenvalue weighted by Crippen LogP contribution is -2.57. The topological polar surface area (TPSA) is 96.4 Å². The van der Waals surface area contributed by atoms with E-state index in [2.05, 4.69) is 0 Å². The number of esters is 1. The van der Waals surface area contributed by atoms with Crippen LogP contribution >= 0.6 is 0 Å². The van der Waals surface area contributed by atoms with E-state index in [9.17, 15) is 14.4 Å². The Kier molecular flexibility index (Phi) is 6.80. The van der Waals surface area contributed by atoms with E-state index in [1.165, 1.54) is 6.42 Å². The predicted molar refractivity (Wildman–Crippen MR) is 123 cm³/mol. The zero-order valence-corrected chi connectivity index (χ0v) is 19.8. The highest BCUT2D eigenvalue weighted by atomic mass is 16.6. The molecule has 0 aromatic carbocycles. The zero-order chi connectivity index (χ0) is 23.7. The monoisotopic (exact) mass is 472 g/mol. The van der Waals surface area contributed by atoms with Gasteiger partial charge in [-0.2, -0.15) is 0 Å². The van der Waals surface area contributed by atoms with Crippen molar-refractivity contribution >= 4 is 17.8 Å². The van der Waals surface area contributed by atoms with Crippen molar-refractivity contribution < 1.29 is 29.0 Å². The fourth-order valence-corrected chi connectivity index (χ4v) is 6.69. The van der Waals surface area contributed by atoms with E-state index in [4.69, 9.17) is 14.6 Å². The van der Waals surface area contributed by atoms with Crippen LogP contribution in [0.5, 0.6) is 0 Å². The second kappa shape index (κ2) is 9.82. The lowest BCUT2D eigenvalue weighted by Gasteiger charge is -2.39. The summed E-state index contributed by atoms with van der Waals surface area (Å²) in [5, 5.41) is 9.07. The first-order valence-corrected chi connectivity index (χ1v) is 13.0. The molecule has 5 rings (SSSR count). The minimum Gasteiger partial charge on any atom is -0.461 e. The molecule has 0 bridgehead atoms. The van der Waals surface area contributed by atoms with Crippen LogP contribution in [0.3, 0.4) is 0 Å². The summed E-state index contributed by atoms with van der Waals surface area (Å²) in [6, 6.07) is -0.588.